The number of carbonyl (C=O) groups is 1. The van der Waals surface area contributed by atoms with Crippen LogP contribution in [0.4, 0.5) is 4.39 Å². The van der Waals surface area contributed by atoms with Gasteiger partial charge >= 0.3 is 5.97 Å². The lowest BCUT2D eigenvalue weighted by Crippen LogP contribution is -2.25. The number of aliphatic carboxylic acids is 1. The summed E-state index contributed by atoms with van der Waals surface area (Å²) in [7, 11) is 0. The molecule has 2 unspecified atom stereocenters. The monoisotopic (exact) mass is 253 g/mol. The van der Waals surface area contributed by atoms with E-state index in [0.717, 1.165) is 18.4 Å². The van der Waals surface area contributed by atoms with Crippen molar-refractivity contribution in [3.05, 3.63) is 35.6 Å². The van der Waals surface area contributed by atoms with Gasteiger partial charge in [0.2, 0.25) is 0 Å². The van der Waals surface area contributed by atoms with Gasteiger partial charge in [-0.25, -0.2) is 4.39 Å². The molecule has 2 atom stereocenters. The van der Waals surface area contributed by atoms with Gasteiger partial charge in [0.05, 0.1) is 5.92 Å². The lowest BCUT2D eigenvalue weighted by Gasteiger charge is -2.16. The fourth-order valence-corrected chi connectivity index (χ4v) is 1.97. The van der Waals surface area contributed by atoms with Gasteiger partial charge in [0.1, 0.15) is 5.82 Å². The second-order valence-corrected chi connectivity index (χ2v) is 4.78. The minimum atomic E-state index is -0.828. The van der Waals surface area contributed by atoms with Crippen LogP contribution >= 0.6 is 0 Å². The van der Waals surface area contributed by atoms with E-state index in [1.54, 1.807) is 12.1 Å². The lowest BCUT2D eigenvalue weighted by molar-refractivity contribution is -0.141. The Bertz CT molecular complexity index is 378. The van der Waals surface area contributed by atoms with E-state index in [-0.39, 0.29) is 12.4 Å². The number of benzene rings is 1. The number of carboxylic acids is 1. The number of hydrogen-bond acceptors (Lipinski definition) is 2. The predicted octanol–water partition coefficient (Wildman–Crippen LogP) is 2.44. The van der Waals surface area contributed by atoms with Gasteiger partial charge in [-0.1, -0.05) is 19.1 Å². The number of carboxylic acid groups (broad SMARTS) is 1. The van der Waals surface area contributed by atoms with Crippen molar-refractivity contribution in [1.82, 2.24) is 0 Å². The Hall–Kier alpha value is -1.42. The van der Waals surface area contributed by atoms with Crippen molar-refractivity contribution >= 4 is 5.97 Å². The number of rotatable bonds is 7. The third-order valence-corrected chi connectivity index (χ3v) is 3.16. The molecular formula is C14H20FNO2. The molecule has 3 nitrogen and oxygen atoms in total. The van der Waals surface area contributed by atoms with Crippen LogP contribution in [0.1, 0.15) is 25.3 Å². The molecule has 100 valence electrons. The number of aryl methyl sites for hydroxylation is 1. The minimum Gasteiger partial charge on any atom is -0.481 e. The summed E-state index contributed by atoms with van der Waals surface area (Å²) < 4.78 is 12.7. The summed E-state index contributed by atoms with van der Waals surface area (Å²) in [6.07, 6.45) is 2.31. The van der Waals surface area contributed by atoms with Gasteiger partial charge < -0.3 is 10.8 Å². The largest absolute Gasteiger partial charge is 0.481 e. The van der Waals surface area contributed by atoms with Crippen molar-refractivity contribution in [3.63, 3.8) is 0 Å². The zero-order chi connectivity index (χ0) is 13.5. The highest BCUT2D eigenvalue weighted by atomic mass is 19.1. The molecule has 0 fully saturated rings. The Morgan fingerprint density at radius 2 is 2.00 bits per heavy atom. The Balaban J connectivity index is 2.38. The van der Waals surface area contributed by atoms with E-state index < -0.39 is 11.9 Å². The maximum atomic E-state index is 12.7. The average Bonchev–Trinajstić information content (AvgIpc) is 2.35. The third kappa shape index (κ3) is 4.84. The molecular weight excluding hydrogens is 233 g/mol. The Labute approximate surface area is 107 Å². The molecule has 1 aromatic carbocycles. The average molecular weight is 253 g/mol. The predicted molar refractivity (Wildman–Crippen MR) is 68.7 cm³/mol. The van der Waals surface area contributed by atoms with Crippen LogP contribution in [0, 0.1) is 17.7 Å². The summed E-state index contributed by atoms with van der Waals surface area (Å²) in [5, 5.41) is 8.92. The van der Waals surface area contributed by atoms with E-state index in [1.807, 2.05) is 6.92 Å². The second-order valence-electron chi connectivity index (χ2n) is 4.78. The fraction of sp³-hybridized carbons (Fsp3) is 0.500. The lowest BCUT2D eigenvalue weighted by atomic mass is 9.91. The summed E-state index contributed by atoms with van der Waals surface area (Å²) >= 11 is 0. The van der Waals surface area contributed by atoms with Crippen molar-refractivity contribution in [2.45, 2.75) is 26.2 Å². The number of halogens is 1. The summed E-state index contributed by atoms with van der Waals surface area (Å²) in [5.41, 5.74) is 6.50. The molecule has 0 saturated heterocycles. The van der Waals surface area contributed by atoms with E-state index in [4.69, 9.17) is 10.8 Å². The third-order valence-electron chi connectivity index (χ3n) is 3.16. The van der Waals surface area contributed by atoms with Crippen LogP contribution in [-0.2, 0) is 11.2 Å². The molecule has 0 spiro atoms. The maximum Gasteiger partial charge on any atom is 0.307 e. The Morgan fingerprint density at radius 3 is 2.50 bits per heavy atom. The molecule has 0 aromatic heterocycles. The van der Waals surface area contributed by atoms with Gasteiger partial charge in [0.25, 0.3) is 0 Å². The molecule has 0 saturated carbocycles. The van der Waals surface area contributed by atoms with E-state index in [2.05, 4.69) is 0 Å². The van der Waals surface area contributed by atoms with Crippen molar-refractivity contribution in [2.24, 2.45) is 17.6 Å². The molecule has 0 amide bonds. The molecule has 4 heteroatoms. The van der Waals surface area contributed by atoms with Crippen LogP contribution in [0.5, 0.6) is 0 Å². The zero-order valence-corrected chi connectivity index (χ0v) is 10.6. The molecule has 18 heavy (non-hydrogen) atoms. The molecule has 3 N–H and O–H groups in total. The van der Waals surface area contributed by atoms with Gasteiger partial charge in [-0.2, -0.15) is 0 Å². The highest BCUT2D eigenvalue weighted by Gasteiger charge is 2.18. The number of nitrogens with two attached hydrogens (primary N) is 1. The summed E-state index contributed by atoms with van der Waals surface area (Å²) in [6.45, 7) is 2.20. The first-order valence-corrected chi connectivity index (χ1v) is 6.20. The quantitative estimate of drug-likeness (QED) is 0.784. The van der Waals surface area contributed by atoms with Crippen LogP contribution in [0.3, 0.4) is 0 Å². The normalized spacial score (nSPS) is 14.2. The first kappa shape index (κ1) is 14.6. The van der Waals surface area contributed by atoms with Crippen molar-refractivity contribution in [2.75, 3.05) is 6.54 Å². The molecule has 1 rings (SSSR count). The topological polar surface area (TPSA) is 63.3 Å². The van der Waals surface area contributed by atoms with Crippen LogP contribution < -0.4 is 5.73 Å². The van der Waals surface area contributed by atoms with E-state index in [0.29, 0.717) is 12.3 Å². The van der Waals surface area contributed by atoms with E-state index in [9.17, 15) is 9.18 Å². The van der Waals surface area contributed by atoms with Crippen LogP contribution in [-0.4, -0.2) is 17.6 Å². The molecule has 0 aliphatic rings. The van der Waals surface area contributed by atoms with Gasteiger partial charge in [0, 0.05) is 6.54 Å². The summed E-state index contributed by atoms with van der Waals surface area (Å²) in [6, 6.07) is 6.42. The first-order chi connectivity index (χ1) is 8.52. The van der Waals surface area contributed by atoms with Crippen molar-refractivity contribution in [3.8, 4) is 0 Å². The van der Waals surface area contributed by atoms with Gasteiger partial charge in [-0.15, -0.1) is 0 Å². The smallest absolute Gasteiger partial charge is 0.307 e. The molecule has 0 aliphatic carbocycles. The van der Waals surface area contributed by atoms with Crippen LogP contribution in [0.25, 0.3) is 0 Å². The zero-order valence-electron chi connectivity index (χ0n) is 10.6. The summed E-state index contributed by atoms with van der Waals surface area (Å²) in [4.78, 5) is 10.9. The van der Waals surface area contributed by atoms with Crippen LogP contribution in [0.15, 0.2) is 24.3 Å². The van der Waals surface area contributed by atoms with E-state index in [1.165, 1.54) is 12.1 Å². The second kappa shape index (κ2) is 7.11. The Morgan fingerprint density at radius 1 is 1.39 bits per heavy atom. The Kier molecular flexibility index (Phi) is 5.78. The highest BCUT2D eigenvalue weighted by molar-refractivity contribution is 5.70. The highest BCUT2D eigenvalue weighted by Crippen LogP contribution is 2.18. The number of hydrogen-bond donors (Lipinski definition) is 2. The fourth-order valence-electron chi connectivity index (χ4n) is 1.97. The van der Waals surface area contributed by atoms with Crippen molar-refractivity contribution in [1.29, 1.82) is 0 Å². The van der Waals surface area contributed by atoms with Crippen molar-refractivity contribution < 1.29 is 14.3 Å². The summed E-state index contributed by atoms with van der Waals surface area (Å²) in [5.74, 6) is -1.24. The van der Waals surface area contributed by atoms with E-state index >= 15 is 0 Å². The maximum absolute atomic E-state index is 12.7. The first-order valence-electron chi connectivity index (χ1n) is 6.20. The van der Waals surface area contributed by atoms with Crippen LogP contribution in [0.2, 0.25) is 0 Å². The standard InChI is InChI=1S/C14H20FNO2/c1-10(8-12(9-16)14(17)18)2-3-11-4-6-13(15)7-5-11/h4-7,10,12H,2-3,8-9,16H2,1H3,(H,17,18). The molecule has 0 bridgehead atoms. The minimum absolute atomic E-state index is 0.177. The molecule has 0 radical (unpaired) electrons. The molecule has 1 aromatic rings. The molecule has 0 aliphatic heterocycles. The van der Waals surface area contributed by atoms with Gasteiger partial charge in [-0.05, 0) is 42.9 Å². The van der Waals surface area contributed by atoms with Gasteiger partial charge in [0.15, 0.2) is 0 Å². The van der Waals surface area contributed by atoms with Gasteiger partial charge in [-0.3, -0.25) is 4.79 Å². The SMILES string of the molecule is CC(CCc1ccc(F)cc1)CC(CN)C(=O)O. The molecule has 0 heterocycles.